The zero-order valence-electron chi connectivity index (χ0n) is 5.72. The third-order valence-corrected chi connectivity index (χ3v) is 0.762. The Labute approximate surface area is 93.4 Å². The van der Waals surface area contributed by atoms with Crippen molar-refractivity contribution in [2.45, 2.75) is 26.2 Å². The molecule has 8 heavy (non-hydrogen) atoms. The summed E-state index contributed by atoms with van der Waals surface area (Å²) in [5.41, 5.74) is 0. The SMILES string of the molecule is CCCCCO.[K+].[OH-]. The fourth-order valence-electron chi connectivity index (χ4n) is 0.362. The van der Waals surface area contributed by atoms with E-state index in [9.17, 15) is 0 Å². The summed E-state index contributed by atoms with van der Waals surface area (Å²) in [5.74, 6) is 0. The van der Waals surface area contributed by atoms with Crippen molar-refractivity contribution in [3.05, 3.63) is 0 Å². The number of unbranched alkanes of at least 4 members (excludes halogenated alkanes) is 2. The van der Waals surface area contributed by atoms with Crippen LogP contribution in [-0.2, 0) is 0 Å². The molecule has 0 aromatic heterocycles. The van der Waals surface area contributed by atoms with Gasteiger partial charge in [0.15, 0.2) is 0 Å². The average Bonchev–Trinajstić information content (AvgIpc) is 1.61. The number of rotatable bonds is 3. The molecule has 2 nitrogen and oxygen atoms in total. The molecule has 2 N–H and O–H groups in total. The van der Waals surface area contributed by atoms with Gasteiger partial charge in [0.2, 0.25) is 0 Å². The van der Waals surface area contributed by atoms with Crippen molar-refractivity contribution >= 4 is 0 Å². The molecule has 0 fully saturated rings. The van der Waals surface area contributed by atoms with Gasteiger partial charge in [-0.2, -0.15) is 0 Å². The van der Waals surface area contributed by atoms with E-state index >= 15 is 0 Å². The van der Waals surface area contributed by atoms with Gasteiger partial charge in [-0.15, -0.1) is 0 Å². The Hall–Kier alpha value is 1.56. The maximum absolute atomic E-state index is 8.20. The first kappa shape index (κ1) is 16.3. The Morgan fingerprint density at radius 3 is 1.88 bits per heavy atom. The van der Waals surface area contributed by atoms with Crippen LogP contribution >= 0.6 is 0 Å². The van der Waals surface area contributed by atoms with E-state index in [1.807, 2.05) is 0 Å². The molecule has 0 aromatic rings. The monoisotopic (exact) mass is 144 g/mol. The second-order valence-electron chi connectivity index (χ2n) is 1.43. The number of aliphatic hydroxyl groups is 1. The molecule has 0 aliphatic rings. The summed E-state index contributed by atoms with van der Waals surface area (Å²) < 4.78 is 0. The minimum atomic E-state index is 0. The average molecular weight is 144 g/mol. The summed E-state index contributed by atoms with van der Waals surface area (Å²) in [6.45, 7) is 2.48. The summed E-state index contributed by atoms with van der Waals surface area (Å²) in [4.78, 5) is 0. The van der Waals surface area contributed by atoms with Crippen molar-refractivity contribution in [1.82, 2.24) is 0 Å². The smallest absolute Gasteiger partial charge is 0.870 e. The van der Waals surface area contributed by atoms with E-state index in [1.165, 1.54) is 6.42 Å². The van der Waals surface area contributed by atoms with Gasteiger partial charge in [0.25, 0.3) is 0 Å². The third-order valence-electron chi connectivity index (χ3n) is 0.762. The minimum absolute atomic E-state index is 0. The van der Waals surface area contributed by atoms with Gasteiger partial charge >= 0.3 is 51.4 Å². The third kappa shape index (κ3) is 15.6. The summed E-state index contributed by atoms with van der Waals surface area (Å²) >= 11 is 0. The number of hydrogen-bond acceptors (Lipinski definition) is 2. The van der Waals surface area contributed by atoms with Crippen molar-refractivity contribution in [3.8, 4) is 0 Å². The second-order valence-corrected chi connectivity index (χ2v) is 1.43. The van der Waals surface area contributed by atoms with Gasteiger partial charge in [-0.1, -0.05) is 19.8 Å². The van der Waals surface area contributed by atoms with Crippen molar-refractivity contribution in [2.75, 3.05) is 6.61 Å². The molecule has 0 saturated heterocycles. The van der Waals surface area contributed by atoms with Gasteiger partial charge in [0.05, 0.1) is 0 Å². The number of aliphatic hydroxyl groups excluding tert-OH is 1. The molecule has 0 aliphatic carbocycles. The van der Waals surface area contributed by atoms with Gasteiger partial charge in [-0.05, 0) is 6.42 Å². The minimum Gasteiger partial charge on any atom is -0.870 e. The Kier molecular flexibility index (Phi) is 32.2. The van der Waals surface area contributed by atoms with E-state index in [4.69, 9.17) is 5.11 Å². The second kappa shape index (κ2) is 15.8. The molecule has 46 valence electrons. The van der Waals surface area contributed by atoms with Crippen LogP contribution in [-0.4, -0.2) is 17.2 Å². The molecular weight excluding hydrogens is 131 g/mol. The van der Waals surface area contributed by atoms with Crippen LogP contribution in [0.4, 0.5) is 0 Å². The van der Waals surface area contributed by atoms with Gasteiger partial charge in [-0.25, -0.2) is 0 Å². The van der Waals surface area contributed by atoms with Crippen LogP contribution < -0.4 is 51.4 Å². The fourth-order valence-corrected chi connectivity index (χ4v) is 0.362. The van der Waals surface area contributed by atoms with Crippen LogP contribution in [0.25, 0.3) is 0 Å². The molecule has 0 rings (SSSR count). The van der Waals surface area contributed by atoms with Crippen molar-refractivity contribution in [1.29, 1.82) is 0 Å². The molecule has 0 unspecified atom stereocenters. The largest absolute Gasteiger partial charge is 1.00 e. The molecule has 0 atom stereocenters. The van der Waals surface area contributed by atoms with Crippen molar-refractivity contribution in [2.24, 2.45) is 0 Å². The summed E-state index contributed by atoms with van der Waals surface area (Å²) in [5, 5.41) is 8.20. The van der Waals surface area contributed by atoms with Crippen molar-refractivity contribution < 1.29 is 62.0 Å². The zero-order valence-corrected chi connectivity index (χ0v) is 8.85. The zero-order chi connectivity index (χ0) is 4.83. The van der Waals surface area contributed by atoms with E-state index in [0.717, 1.165) is 12.8 Å². The van der Waals surface area contributed by atoms with Crippen LogP contribution in [0, 0.1) is 0 Å². The summed E-state index contributed by atoms with van der Waals surface area (Å²) in [6, 6.07) is 0. The van der Waals surface area contributed by atoms with E-state index in [0.29, 0.717) is 6.61 Å². The quantitative estimate of drug-likeness (QED) is 0.368. The maximum Gasteiger partial charge on any atom is 1.00 e. The standard InChI is InChI=1S/C5H12O.K.H2O/c1-2-3-4-5-6;;/h6H,2-5H2,1H3;;1H2/q;+1;/p-1. The van der Waals surface area contributed by atoms with Gasteiger partial charge in [0.1, 0.15) is 0 Å². The molecule has 0 radical (unpaired) electrons. The van der Waals surface area contributed by atoms with E-state index < -0.39 is 0 Å². The Bertz CT molecular complexity index is 22.4. The van der Waals surface area contributed by atoms with E-state index in [1.54, 1.807) is 0 Å². The first-order valence-corrected chi connectivity index (χ1v) is 2.52. The molecule has 0 aliphatic heterocycles. The predicted octanol–water partition coefficient (Wildman–Crippen LogP) is -2.00. The molecule has 0 heterocycles. The molecular formula is C5H13KO2. The normalized spacial score (nSPS) is 6.75. The molecule has 3 heteroatoms. The van der Waals surface area contributed by atoms with E-state index in [-0.39, 0.29) is 56.9 Å². The summed E-state index contributed by atoms with van der Waals surface area (Å²) in [6.07, 6.45) is 3.33. The number of hydrogen-bond donors (Lipinski definition) is 1. The molecule has 0 spiro atoms. The molecule has 0 saturated carbocycles. The predicted molar refractivity (Wildman–Crippen MR) is 28.5 cm³/mol. The molecule has 0 aromatic carbocycles. The van der Waals surface area contributed by atoms with Crippen LogP contribution in [0.3, 0.4) is 0 Å². The topological polar surface area (TPSA) is 50.2 Å². The van der Waals surface area contributed by atoms with Crippen LogP contribution in [0.2, 0.25) is 0 Å². The first-order chi connectivity index (χ1) is 2.91. The Balaban J connectivity index is -0.000000125. The van der Waals surface area contributed by atoms with Crippen LogP contribution in [0.5, 0.6) is 0 Å². The molecule has 0 bridgehead atoms. The fraction of sp³-hybridized carbons (Fsp3) is 1.00. The Morgan fingerprint density at radius 1 is 1.25 bits per heavy atom. The first-order valence-electron chi connectivity index (χ1n) is 2.52. The van der Waals surface area contributed by atoms with Crippen LogP contribution in [0.15, 0.2) is 0 Å². The molecule has 0 amide bonds. The van der Waals surface area contributed by atoms with Gasteiger partial charge in [-0.3, -0.25) is 0 Å². The maximum atomic E-state index is 8.20. The van der Waals surface area contributed by atoms with Crippen molar-refractivity contribution in [3.63, 3.8) is 0 Å². The van der Waals surface area contributed by atoms with E-state index in [2.05, 4.69) is 6.92 Å². The van der Waals surface area contributed by atoms with Crippen LogP contribution in [0.1, 0.15) is 26.2 Å². The van der Waals surface area contributed by atoms with Gasteiger partial charge < -0.3 is 10.6 Å². The van der Waals surface area contributed by atoms with Gasteiger partial charge in [0, 0.05) is 6.61 Å². The Morgan fingerprint density at radius 2 is 1.75 bits per heavy atom. The summed E-state index contributed by atoms with van der Waals surface area (Å²) in [7, 11) is 0.